The van der Waals surface area contributed by atoms with E-state index in [4.69, 9.17) is 0 Å². The quantitative estimate of drug-likeness (QED) is 0.624. The maximum atomic E-state index is 3.54. The highest BCUT2D eigenvalue weighted by molar-refractivity contribution is 6.76. The average molecular weight is 188 g/mol. The van der Waals surface area contributed by atoms with E-state index in [0.717, 1.165) is 5.54 Å². The van der Waals surface area contributed by atoms with E-state index in [9.17, 15) is 0 Å². The summed E-state index contributed by atoms with van der Waals surface area (Å²) in [6.45, 7) is 6.89. The molecule has 0 aromatic rings. The molecule has 0 aliphatic carbocycles. The summed E-state index contributed by atoms with van der Waals surface area (Å²) in [5.74, 6) is 0. The summed E-state index contributed by atoms with van der Waals surface area (Å²) < 4.78 is 0. The number of rotatable bonds is 6. The first-order valence-electron chi connectivity index (χ1n) is 5.04. The van der Waals surface area contributed by atoms with Crippen LogP contribution in [0, 0.1) is 0 Å². The topological polar surface area (TPSA) is 24.1 Å². The second-order valence-corrected chi connectivity index (χ2v) is 7.96. The second kappa shape index (κ2) is 5.73. The zero-order valence-corrected chi connectivity index (χ0v) is 10.2. The molecule has 12 heavy (non-hydrogen) atoms. The Labute approximate surface area is 78.3 Å². The van der Waals surface area contributed by atoms with E-state index in [1.54, 1.807) is 0 Å². The maximum absolute atomic E-state index is 3.54. The normalized spacial score (nSPS) is 14.8. The Balaban J connectivity index is 4.33. The van der Waals surface area contributed by atoms with Gasteiger partial charge in [-0.1, -0.05) is 33.6 Å². The van der Waals surface area contributed by atoms with Crippen molar-refractivity contribution in [1.82, 2.24) is 9.96 Å². The van der Waals surface area contributed by atoms with Crippen LogP contribution in [0.2, 0.25) is 11.6 Å². The van der Waals surface area contributed by atoms with Gasteiger partial charge in [0.2, 0.25) is 8.40 Å². The van der Waals surface area contributed by atoms with E-state index in [1.165, 1.54) is 18.9 Å². The standard InChI is InChI=1S/C9H24N2Si/c1-6-8-12(10-4,11-5)9(3)7-2/h9-11H,6-8H2,1-5H3. The Morgan fingerprint density at radius 3 is 1.92 bits per heavy atom. The Kier molecular flexibility index (Phi) is 5.79. The van der Waals surface area contributed by atoms with Gasteiger partial charge in [-0.05, 0) is 25.7 Å². The van der Waals surface area contributed by atoms with Crippen LogP contribution < -0.4 is 9.96 Å². The first kappa shape index (κ1) is 12.1. The monoisotopic (exact) mass is 188 g/mol. The molecule has 0 aliphatic rings. The van der Waals surface area contributed by atoms with Gasteiger partial charge in [-0.3, -0.25) is 0 Å². The van der Waals surface area contributed by atoms with Crippen molar-refractivity contribution in [2.45, 2.75) is 45.2 Å². The summed E-state index contributed by atoms with van der Waals surface area (Å²) in [6, 6.07) is 1.33. The molecule has 0 saturated heterocycles. The molecule has 1 atom stereocenters. The Hall–Kier alpha value is 0.137. The fourth-order valence-corrected chi connectivity index (χ4v) is 5.57. The third-order valence-corrected chi connectivity index (χ3v) is 8.15. The van der Waals surface area contributed by atoms with Gasteiger partial charge in [0.15, 0.2) is 0 Å². The van der Waals surface area contributed by atoms with E-state index in [-0.39, 0.29) is 0 Å². The molecule has 0 aromatic heterocycles. The van der Waals surface area contributed by atoms with Crippen molar-refractivity contribution < 1.29 is 0 Å². The fourth-order valence-electron chi connectivity index (χ4n) is 1.86. The average Bonchev–Trinajstić information content (AvgIpc) is 2.13. The summed E-state index contributed by atoms with van der Waals surface area (Å²) in [5, 5.41) is 0. The van der Waals surface area contributed by atoms with Crippen molar-refractivity contribution in [3.63, 3.8) is 0 Å². The molecule has 3 heteroatoms. The van der Waals surface area contributed by atoms with Crippen LogP contribution in [0.15, 0.2) is 0 Å². The molecule has 0 bridgehead atoms. The van der Waals surface area contributed by atoms with Crippen molar-refractivity contribution in [3.05, 3.63) is 0 Å². The smallest absolute Gasteiger partial charge is 0.203 e. The first-order chi connectivity index (χ1) is 5.66. The lowest BCUT2D eigenvalue weighted by molar-refractivity contribution is 0.753. The van der Waals surface area contributed by atoms with Crippen molar-refractivity contribution in [1.29, 1.82) is 0 Å². The van der Waals surface area contributed by atoms with Gasteiger partial charge in [-0.25, -0.2) is 0 Å². The molecule has 0 amide bonds. The molecule has 0 rings (SSSR count). The van der Waals surface area contributed by atoms with E-state index in [2.05, 4.69) is 44.8 Å². The lowest BCUT2D eigenvalue weighted by Gasteiger charge is -2.35. The summed E-state index contributed by atoms with van der Waals surface area (Å²) in [7, 11) is 2.86. The van der Waals surface area contributed by atoms with Gasteiger partial charge >= 0.3 is 0 Å². The van der Waals surface area contributed by atoms with Crippen LogP contribution in [0.25, 0.3) is 0 Å². The summed E-state index contributed by atoms with van der Waals surface area (Å²) in [4.78, 5) is 7.09. The molecule has 0 spiro atoms. The van der Waals surface area contributed by atoms with E-state index >= 15 is 0 Å². The molecule has 0 heterocycles. The van der Waals surface area contributed by atoms with Gasteiger partial charge in [0.25, 0.3) is 0 Å². The molecule has 0 aromatic carbocycles. The molecule has 0 saturated carbocycles. The molecule has 0 aliphatic heterocycles. The van der Waals surface area contributed by atoms with Crippen LogP contribution in [-0.2, 0) is 0 Å². The predicted molar refractivity (Wildman–Crippen MR) is 58.7 cm³/mol. The minimum Gasteiger partial charge on any atom is -0.328 e. The summed E-state index contributed by atoms with van der Waals surface area (Å²) in [6.07, 6.45) is 2.55. The third-order valence-electron chi connectivity index (χ3n) is 2.99. The number of nitrogens with one attached hydrogen (secondary N) is 2. The molecule has 2 N–H and O–H groups in total. The number of hydrogen-bond donors (Lipinski definition) is 2. The molecule has 0 fully saturated rings. The van der Waals surface area contributed by atoms with Crippen molar-refractivity contribution in [3.8, 4) is 0 Å². The van der Waals surface area contributed by atoms with Crippen LogP contribution in [-0.4, -0.2) is 22.5 Å². The zero-order chi connectivity index (χ0) is 9.61. The van der Waals surface area contributed by atoms with E-state index in [1.807, 2.05) is 0 Å². The minimum atomic E-state index is -1.35. The van der Waals surface area contributed by atoms with Crippen LogP contribution in [0.4, 0.5) is 0 Å². The molecule has 2 nitrogen and oxygen atoms in total. The zero-order valence-electron chi connectivity index (χ0n) is 9.20. The van der Waals surface area contributed by atoms with Gasteiger partial charge in [0.1, 0.15) is 0 Å². The van der Waals surface area contributed by atoms with Gasteiger partial charge in [-0.15, -0.1) is 0 Å². The predicted octanol–water partition coefficient (Wildman–Crippen LogP) is 2.08. The van der Waals surface area contributed by atoms with Gasteiger partial charge in [0.05, 0.1) is 0 Å². The van der Waals surface area contributed by atoms with Crippen LogP contribution >= 0.6 is 0 Å². The molecular formula is C9H24N2Si. The maximum Gasteiger partial charge on any atom is 0.203 e. The lowest BCUT2D eigenvalue weighted by atomic mass is 10.4. The number of hydrogen-bond acceptors (Lipinski definition) is 2. The third kappa shape index (κ3) is 2.57. The van der Waals surface area contributed by atoms with Crippen LogP contribution in [0.1, 0.15) is 33.6 Å². The highest BCUT2D eigenvalue weighted by Crippen LogP contribution is 2.23. The molecule has 0 radical (unpaired) electrons. The Morgan fingerprint density at radius 1 is 1.17 bits per heavy atom. The van der Waals surface area contributed by atoms with Crippen molar-refractivity contribution in [2.75, 3.05) is 14.1 Å². The van der Waals surface area contributed by atoms with Crippen molar-refractivity contribution in [2.24, 2.45) is 0 Å². The molecular weight excluding hydrogens is 164 g/mol. The van der Waals surface area contributed by atoms with Crippen LogP contribution in [0.5, 0.6) is 0 Å². The Morgan fingerprint density at radius 2 is 1.67 bits per heavy atom. The molecule has 1 unspecified atom stereocenters. The fraction of sp³-hybridized carbons (Fsp3) is 1.00. The highest BCUT2D eigenvalue weighted by atomic mass is 28.3. The molecule has 74 valence electrons. The first-order valence-corrected chi connectivity index (χ1v) is 7.33. The largest absolute Gasteiger partial charge is 0.328 e. The summed E-state index contributed by atoms with van der Waals surface area (Å²) >= 11 is 0. The minimum absolute atomic E-state index is 0.812. The SMILES string of the molecule is CCC[Si](NC)(NC)C(C)CC. The van der Waals surface area contributed by atoms with Crippen LogP contribution in [0.3, 0.4) is 0 Å². The van der Waals surface area contributed by atoms with Gasteiger partial charge < -0.3 is 9.96 Å². The van der Waals surface area contributed by atoms with E-state index < -0.39 is 8.40 Å². The van der Waals surface area contributed by atoms with Gasteiger partial charge in [0, 0.05) is 0 Å². The highest BCUT2D eigenvalue weighted by Gasteiger charge is 2.34. The second-order valence-electron chi connectivity index (χ2n) is 3.53. The van der Waals surface area contributed by atoms with Crippen molar-refractivity contribution >= 4 is 8.40 Å². The summed E-state index contributed by atoms with van der Waals surface area (Å²) in [5.41, 5.74) is 0.812. The Bertz CT molecular complexity index is 113. The van der Waals surface area contributed by atoms with E-state index in [0.29, 0.717) is 0 Å². The lowest BCUT2D eigenvalue weighted by Crippen LogP contribution is -2.62. The van der Waals surface area contributed by atoms with Gasteiger partial charge in [-0.2, -0.15) is 0 Å².